The molecule has 1 aromatic rings. The molecule has 1 atom stereocenters. The largest absolute Gasteiger partial charge is 0.362 e. The molecule has 1 fully saturated rings. The highest BCUT2D eigenvalue weighted by Crippen LogP contribution is 2.29. The maximum absolute atomic E-state index is 4.60. The fourth-order valence-electron chi connectivity index (χ4n) is 2.96. The van der Waals surface area contributed by atoms with Crippen LogP contribution in [0.1, 0.15) is 40.3 Å². The highest BCUT2D eigenvalue weighted by atomic mass is 15.3. The number of hydrogen-bond acceptors (Lipinski definition) is 3. The Balaban J connectivity index is 2.36. The summed E-state index contributed by atoms with van der Waals surface area (Å²) < 4.78 is 1.95. The maximum Gasteiger partial charge on any atom is 0.0855 e. The lowest BCUT2D eigenvalue weighted by Gasteiger charge is -2.47. The van der Waals surface area contributed by atoms with Gasteiger partial charge in [0.05, 0.1) is 11.4 Å². The molecule has 0 spiro atoms. The van der Waals surface area contributed by atoms with Crippen LogP contribution in [0.25, 0.3) is 0 Å². The van der Waals surface area contributed by atoms with E-state index in [1.54, 1.807) is 0 Å². The van der Waals surface area contributed by atoms with Gasteiger partial charge in [0.1, 0.15) is 0 Å². The van der Waals surface area contributed by atoms with Crippen LogP contribution >= 0.6 is 0 Å². The van der Waals surface area contributed by atoms with Crippen LogP contribution < -0.4 is 10.2 Å². The molecule has 4 nitrogen and oxygen atoms in total. The summed E-state index contributed by atoms with van der Waals surface area (Å²) in [5.41, 5.74) is 2.69. The topological polar surface area (TPSA) is 33.1 Å². The molecule has 0 bridgehead atoms. The summed E-state index contributed by atoms with van der Waals surface area (Å²) in [4.78, 5) is 2.56. The number of hydrogen-bond donors (Lipinski definition) is 1. The average molecular weight is 264 g/mol. The van der Waals surface area contributed by atoms with Crippen LogP contribution in [0.15, 0.2) is 6.20 Å². The van der Waals surface area contributed by atoms with E-state index in [0.29, 0.717) is 12.0 Å². The van der Waals surface area contributed by atoms with Crippen molar-refractivity contribution < 1.29 is 0 Å². The van der Waals surface area contributed by atoms with Gasteiger partial charge in [-0.15, -0.1) is 0 Å². The Hall–Kier alpha value is -1.03. The van der Waals surface area contributed by atoms with E-state index < -0.39 is 0 Å². The highest BCUT2D eigenvalue weighted by molar-refractivity contribution is 5.52. The van der Waals surface area contributed by atoms with E-state index in [2.05, 4.69) is 56.1 Å². The summed E-state index contributed by atoms with van der Waals surface area (Å²) in [6.07, 6.45) is 3.17. The number of piperazine rings is 1. The van der Waals surface area contributed by atoms with Gasteiger partial charge in [0, 0.05) is 37.9 Å². The van der Waals surface area contributed by atoms with E-state index in [1.807, 2.05) is 11.7 Å². The second kappa shape index (κ2) is 5.16. The van der Waals surface area contributed by atoms with Crippen LogP contribution in [-0.2, 0) is 13.5 Å². The molecular formula is C15H28N4. The van der Waals surface area contributed by atoms with E-state index >= 15 is 0 Å². The second-order valence-electron chi connectivity index (χ2n) is 6.69. The van der Waals surface area contributed by atoms with E-state index in [9.17, 15) is 0 Å². The third-order valence-corrected chi connectivity index (χ3v) is 4.05. The molecule has 4 heteroatoms. The number of nitrogens with zero attached hydrogens (tertiary/aromatic N) is 3. The molecule has 1 saturated heterocycles. The van der Waals surface area contributed by atoms with E-state index in [-0.39, 0.29) is 5.54 Å². The fourth-order valence-corrected chi connectivity index (χ4v) is 2.96. The van der Waals surface area contributed by atoms with Crippen molar-refractivity contribution in [2.45, 2.75) is 52.6 Å². The molecule has 108 valence electrons. The molecule has 0 aliphatic carbocycles. The number of rotatable bonds is 3. The first kappa shape index (κ1) is 14.4. The zero-order chi connectivity index (χ0) is 14.2. The molecule has 1 unspecified atom stereocenters. The molecule has 0 aromatic carbocycles. The summed E-state index contributed by atoms with van der Waals surface area (Å²) in [5, 5.41) is 8.27. The second-order valence-corrected chi connectivity index (χ2v) is 6.69. The third-order valence-electron chi connectivity index (χ3n) is 4.05. The van der Waals surface area contributed by atoms with Crippen molar-refractivity contribution >= 4 is 5.69 Å². The average Bonchev–Trinajstić information content (AvgIpc) is 2.68. The molecule has 2 rings (SSSR count). The molecule has 1 aliphatic rings. The monoisotopic (exact) mass is 264 g/mol. The molecular weight excluding hydrogens is 236 g/mol. The molecule has 0 amide bonds. The van der Waals surface area contributed by atoms with Crippen LogP contribution in [0.2, 0.25) is 0 Å². The molecule has 0 radical (unpaired) electrons. The van der Waals surface area contributed by atoms with E-state index in [0.717, 1.165) is 19.5 Å². The zero-order valence-corrected chi connectivity index (χ0v) is 13.2. The van der Waals surface area contributed by atoms with Gasteiger partial charge in [-0.3, -0.25) is 4.68 Å². The Morgan fingerprint density at radius 3 is 2.74 bits per heavy atom. The first-order chi connectivity index (χ1) is 8.84. The predicted octanol–water partition coefficient (Wildman–Crippen LogP) is 2.20. The van der Waals surface area contributed by atoms with Crippen LogP contribution in [0.3, 0.4) is 0 Å². The van der Waals surface area contributed by atoms with Gasteiger partial charge in [-0.25, -0.2) is 0 Å². The lowest BCUT2D eigenvalue weighted by atomic mass is 9.92. The fraction of sp³-hybridized carbons (Fsp3) is 0.800. The van der Waals surface area contributed by atoms with Crippen molar-refractivity contribution in [3.05, 3.63) is 11.9 Å². The van der Waals surface area contributed by atoms with Crippen molar-refractivity contribution in [2.75, 3.05) is 18.0 Å². The predicted molar refractivity (Wildman–Crippen MR) is 80.6 cm³/mol. The summed E-state index contributed by atoms with van der Waals surface area (Å²) >= 11 is 0. The Morgan fingerprint density at radius 1 is 1.47 bits per heavy atom. The molecule has 2 heterocycles. The number of nitrogens with one attached hydrogen (secondary N) is 1. The Bertz CT molecular complexity index is 433. The van der Waals surface area contributed by atoms with Gasteiger partial charge in [0.2, 0.25) is 0 Å². The van der Waals surface area contributed by atoms with Crippen LogP contribution in [0.5, 0.6) is 0 Å². The molecule has 1 aliphatic heterocycles. The first-order valence-corrected chi connectivity index (χ1v) is 7.38. The highest BCUT2D eigenvalue weighted by Gasteiger charge is 2.35. The van der Waals surface area contributed by atoms with Crippen LogP contribution in [0.4, 0.5) is 5.69 Å². The minimum atomic E-state index is 0.159. The summed E-state index contributed by atoms with van der Waals surface area (Å²) in [7, 11) is 2.01. The number of anilines is 1. The number of aryl methyl sites for hydroxylation is 2. The van der Waals surface area contributed by atoms with Gasteiger partial charge in [-0.1, -0.05) is 20.8 Å². The summed E-state index contributed by atoms with van der Waals surface area (Å²) in [6, 6.07) is 0.544. The van der Waals surface area contributed by atoms with Gasteiger partial charge in [0.15, 0.2) is 0 Å². The molecule has 0 saturated carbocycles. The minimum absolute atomic E-state index is 0.159. The summed E-state index contributed by atoms with van der Waals surface area (Å²) in [6.45, 7) is 13.4. The summed E-state index contributed by atoms with van der Waals surface area (Å²) in [5.74, 6) is 0.633. The standard InChI is InChI=1S/C15H28N4/c1-7-12-14(9-18(6)17-12)19-10-15(4,5)16-8-13(19)11(2)3/h9,11,13,16H,7-8,10H2,1-6H3. The smallest absolute Gasteiger partial charge is 0.0855 e. The normalized spacial score (nSPS) is 23.1. The van der Waals surface area contributed by atoms with Crippen molar-refractivity contribution in [3.63, 3.8) is 0 Å². The molecule has 1 N–H and O–H groups in total. The van der Waals surface area contributed by atoms with Gasteiger partial charge in [-0.2, -0.15) is 5.10 Å². The Kier molecular flexibility index (Phi) is 3.90. The number of aromatic nitrogens is 2. The zero-order valence-electron chi connectivity index (χ0n) is 13.2. The Morgan fingerprint density at radius 2 is 2.16 bits per heavy atom. The molecule has 1 aromatic heterocycles. The van der Waals surface area contributed by atoms with Gasteiger partial charge in [-0.05, 0) is 26.2 Å². The maximum atomic E-state index is 4.60. The Labute approximate surface area is 117 Å². The van der Waals surface area contributed by atoms with Gasteiger partial charge in [0.25, 0.3) is 0 Å². The van der Waals surface area contributed by atoms with Crippen molar-refractivity contribution in [1.29, 1.82) is 0 Å². The van der Waals surface area contributed by atoms with Crippen molar-refractivity contribution in [3.8, 4) is 0 Å². The lowest BCUT2D eigenvalue weighted by molar-refractivity contribution is 0.277. The third kappa shape index (κ3) is 2.94. The van der Waals surface area contributed by atoms with Crippen LogP contribution in [0, 0.1) is 5.92 Å². The van der Waals surface area contributed by atoms with Gasteiger partial charge < -0.3 is 10.2 Å². The van der Waals surface area contributed by atoms with Gasteiger partial charge >= 0.3 is 0 Å². The van der Waals surface area contributed by atoms with Crippen molar-refractivity contribution in [2.24, 2.45) is 13.0 Å². The quantitative estimate of drug-likeness (QED) is 0.908. The lowest BCUT2D eigenvalue weighted by Crippen LogP contribution is -2.63. The van der Waals surface area contributed by atoms with Crippen molar-refractivity contribution in [1.82, 2.24) is 15.1 Å². The first-order valence-electron chi connectivity index (χ1n) is 7.38. The molecule has 19 heavy (non-hydrogen) atoms. The van der Waals surface area contributed by atoms with E-state index in [1.165, 1.54) is 11.4 Å². The minimum Gasteiger partial charge on any atom is -0.362 e. The van der Waals surface area contributed by atoms with Crippen LogP contribution in [-0.4, -0.2) is 34.5 Å². The SMILES string of the molecule is CCc1nn(C)cc1N1CC(C)(C)NCC1C(C)C. The van der Waals surface area contributed by atoms with E-state index in [4.69, 9.17) is 0 Å².